The third-order valence-electron chi connectivity index (χ3n) is 4.94. The first-order valence-electron chi connectivity index (χ1n) is 8.92. The van der Waals surface area contributed by atoms with Crippen molar-refractivity contribution < 1.29 is 13.6 Å². The number of nitrogens with one attached hydrogen (secondary N) is 2. The van der Waals surface area contributed by atoms with Crippen LogP contribution in [0.4, 0.5) is 13.9 Å². The molecule has 1 aliphatic rings. The van der Waals surface area contributed by atoms with Crippen molar-refractivity contribution in [1.29, 1.82) is 0 Å². The molecule has 1 aromatic carbocycles. The van der Waals surface area contributed by atoms with E-state index in [2.05, 4.69) is 25.5 Å². The molecule has 6 nitrogen and oxygen atoms in total. The van der Waals surface area contributed by atoms with E-state index in [1.54, 1.807) is 18.3 Å². The van der Waals surface area contributed by atoms with Crippen molar-refractivity contribution in [3.8, 4) is 11.3 Å². The van der Waals surface area contributed by atoms with Crippen LogP contribution in [0.15, 0.2) is 24.4 Å². The zero-order chi connectivity index (χ0) is 19.4. The number of aromatic amines is 1. The molecule has 4 aromatic rings. The maximum absolute atomic E-state index is 14.6. The Morgan fingerprint density at radius 2 is 2.21 bits per heavy atom. The number of amides is 1. The second-order valence-corrected chi connectivity index (χ2v) is 7.76. The van der Waals surface area contributed by atoms with Crippen LogP contribution in [0.3, 0.4) is 0 Å². The summed E-state index contributed by atoms with van der Waals surface area (Å²) in [4.78, 5) is 21.5. The first kappa shape index (κ1) is 17.2. The average molecular weight is 399 g/mol. The fourth-order valence-electron chi connectivity index (χ4n) is 3.38. The fraction of sp³-hybridized carbons (Fsp3) is 0.263. The molecule has 1 saturated carbocycles. The molecule has 9 heteroatoms. The minimum Gasteiger partial charge on any atom is -0.302 e. The molecular weight excluding hydrogens is 384 g/mol. The van der Waals surface area contributed by atoms with Crippen LogP contribution >= 0.6 is 11.3 Å². The lowest BCUT2D eigenvalue weighted by atomic mass is 9.97. The van der Waals surface area contributed by atoms with Gasteiger partial charge in [-0.3, -0.25) is 9.89 Å². The highest BCUT2D eigenvalue weighted by atomic mass is 32.1. The lowest BCUT2D eigenvalue weighted by Gasteiger charge is -2.10. The Morgan fingerprint density at radius 3 is 2.96 bits per heavy atom. The van der Waals surface area contributed by atoms with Crippen molar-refractivity contribution in [3.05, 3.63) is 35.8 Å². The zero-order valence-corrected chi connectivity index (χ0v) is 15.6. The van der Waals surface area contributed by atoms with Gasteiger partial charge in [0.2, 0.25) is 5.91 Å². The van der Waals surface area contributed by atoms with Gasteiger partial charge in [0.05, 0.1) is 23.3 Å². The predicted octanol–water partition coefficient (Wildman–Crippen LogP) is 4.23. The van der Waals surface area contributed by atoms with Crippen LogP contribution < -0.4 is 5.32 Å². The molecule has 28 heavy (non-hydrogen) atoms. The Kier molecular flexibility index (Phi) is 3.87. The lowest BCUT2D eigenvalue weighted by Crippen LogP contribution is -2.14. The minimum atomic E-state index is -1.06. The number of hydrogen-bond acceptors (Lipinski definition) is 5. The number of nitrogens with zero attached hydrogens (tertiary/aromatic N) is 3. The van der Waals surface area contributed by atoms with E-state index in [4.69, 9.17) is 0 Å². The van der Waals surface area contributed by atoms with Gasteiger partial charge in [-0.2, -0.15) is 5.10 Å². The van der Waals surface area contributed by atoms with Gasteiger partial charge in [0, 0.05) is 10.9 Å². The number of thiazole rings is 1. The average Bonchev–Trinajstić information content (AvgIpc) is 3.05. The number of H-pyrrole nitrogens is 1. The summed E-state index contributed by atoms with van der Waals surface area (Å²) in [6.45, 7) is 1.89. The Hall–Kier alpha value is -2.94. The number of hydrogen-bond donors (Lipinski definition) is 2. The number of halogens is 2. The monoisotopic (exact) mass is 399 g/mol. The van der Waals surface area contributed by atoms with Crippen LogP contribution in [-0.2, 0) is 11.2 Å². The van der Waals surface area contributed by atoms with Crippen LogP contribution in [-0.4, -0.2) is 32.2 Å². The Morgan fingerprint density at radius 1 is 1.39 bits per heavy atom. The number of carbonyl (C=O) groups excluding carboxylic acids is 1. The van der Waals surface area contributed by atoms with Gasteiger partial charge < -0.3 is 5.32 Å². The van der Waals surface area contributed by atoms with Gasteiger partial charge >= 0.3 is 0 Å². The van der Waals surface area contributed by atoms with Crippen LogP contribution in [0.25, 0.3) is 32.5 Å². The van der Waals surface area contributed by atoms with Crippen molar-refractivity contribution in [2.45, 2.75) is 25.9 Å². The van der Waals surface area contributed by atoms with Crippen LogP contribution in [0, 0.1) is 11.7 Å². The molecule has 0 unspecified atom stereocenters. The molecule has 1 fully saturated rings. The molecule has 1 aliphatic carbocycles. The van der Waals surface area contributed by atoms with Crippen molar-refractivity contribution in [3.63, 3.8) is 0 Å². The van der Waals surface area contributed by atoms with Gasteiger partial charge in [0.1, 0.15) is 22.3 Å². The number of alkyl halides is 1. The summed E-state index contributed by atoms with van der Waals surface area (Å²) in [6, 6.07) is 5.02. The van der Waals surface area contributed by atoms with E-state index in [1.807, 2.05) is 6.92 Å². The molecule has 3 heterocycles. The topological polar surface area (TPSA) is 83.6 Å². The number of aromatic nitrogens is 4. The SMILES string of the molecule is CCc1c(F)cc2[nH]ncc2c1-c1ccc2nc(NC(=O)[C@@H]3C[C@@H]3F)sc2n1. The summed E-state index contributed by atoms with van der Waals surface area (Å²) in [5.74, 6) is -1.24. The molecule has 5 rings (SSSR count). The van der Waals surface area contributed by atoms with Crippen LogP contribution in [0.2, 0.25) is 0 Å². The van der Waals surface area contributed by atoms with Gasteiger partial charge in [-0.1, -0.05) is 18.3 Å². The minimum absolute atomic E-state index is 0.263. The molecule has 0 aliphatic heterocycles. The third kappa shape index (κ3) is 2.73. The van der Waals surface area contributed by atoms with E-state index >= 15 is 0 Å². The number of rotatable bonds is 4. The normalized spacial score (nSPS) is 18.7. The third-order valence-corrected chi connectivity index (χ3v) is 5.82. The van der Waals surface area contributed by atoms with E-state index in [9.17, 15) is 13.6 Å². The summed E-state index contributed by atoms with van der Waals surface area (Å²) in [5, 5.41) is 10.7. The molecule has 0 bridgehead atoms. The highest BCUT2D eigenvalue weighted by molar-refractivity contribution is 7.22. The summed E-state index contributed by atoms with van der Waals surface area (Å²) < 4.78 is 27.6. The molecule has 2 atom stereocenters. The largest absolute Gasteiger partial charge is 0.302 e. The summed E-state index contributed by atoms with van der Waals surface area (Å²) >= 11 is 1.21. The van der Waals surface area contributed by atoms with E-state index < -0.39 is 12.1 Å². The second kappa shape index (κ2) is 6.30. The first-order valence-corrected chi connectivity index (χ1v) is 9.74. The number of pyridine rings is 1. The highest BCUT2D eigenvalue weighted by Crippen LogP contribution is 2.37. The lowest BCUT2D eigenvalue weighted by molar-refractivity contribution is -0.117. The molecule has 3 aromatic heterocycles. The van der Waals surface area contributed by atoms with Crippen molar-refractivity contribution in [1.82, 2.24) is 20.2 Å². The van der Waals surface area contributed by atoms with Gasteiger partial charge in [-0.15, -0.1) is 0 Å². The number of benzene rings is 1. The molecule has 142 valence electrons. The van der Waals surface area contributed by atoms with E-state index in [0.717, 1.165) is 5.39 Å². The van der Waals surface area contributed by atoms with E-state index in [1.165, 1.54) is 17.4 Å². The van der Waals surface area contributed by atoms with Gasteiger partial charge in [0.25, 0.3) is 0 Å². The second-order valence-electron chi connectivity index (χ2n) is 6.78. The standard InChI is InChI=1S/C19H15F2N5OS/c1-2-8-12(21)6-15-10(7-22-26-15)16(8)13-3-4-14-18(23-13)28-19(24-14)25-17(27)9-5-11(9)20/h3-4,6-7,9,11H,2,5H2,1H3,(H,22,26)(H,24,25,27)/t9-,11+/m1/s1. The maximum atomic E-state index is 14.6. The Labute approximate surface area is 162 Å². The van der Waals surface area contributed by atoms with Crippen molar-refractivity contribution in [2.24, 2.45) is 5.92 Å². The van der Waals surface area contributed by atoms with Crippen molar-refractivity contribution in [2.75, 3.05) is 5.32 Å². The Bertz CT molecular complexity index is 1230. The summed E-state index contributed by atoms with van der Waals surface area (Å²) in [5.41, 5.74) is 3.11. The molecule has 0 saturated heterocycles. The van der Waals surface area contributed by atoms with Crippen LogP contribution in [0.1, 0.15) is 18.9 Å². The highest BCUT2D eigenvalue weighted by Gasteiger charge is 2.43. The smallest absolute Gasteiger partial charge is 0.232 e. The number of fused-ring (bicyclic) bond motifs is 2. The van der Waals surface area contributed by atoms with Gasteiger partial charge in [0.15, 0.2) is 5.13 Å². The summed E-state index contributed by atoms with van der Waals surface area (Å²) in [6.07, 6.45) is 1.38. The first-order chi connectivity index (χ1) is 13.5. The number of carbonyl (C=O) groups is 1. The number of anilines is 1. The zero-order valence-electron chi connectivity index (χ0n) is 14.8. The van der Waals surface area contributed by atoms with Gasteiger partial charge in [-0.25, -0.2) is 18.7 Å². The van der Waals surface area contributed by atoms with Crippen molar-refractivity contribution >= 4 is 43.6 Å². The Balaban J connectivity index is 1.58. The quantitative estimate of drug-likeness (QED) is 0.538. The maximum Gasteiger partial charge on any atom is 0.232 e. The fourth-order valence-corrected chi connectivity index (χ4v) is 4.22. The van der Waals surface area contributed by atoms with E-state index in [0.29, 0.717) is 44.2 Å². The van der Waals surface area contributed by atoms with E-state index in [-0.39, 0.29) is 18.1 Å². The molecule has 2 N–H and O–H groups in total. The van der Waals surface area contributed by atoms with Gasteiger partial charge in [-0.05, 0) is 36.6 Å². The van der Waals surface area contributed by atoms with Crippen LogP contribution in [0.5, 0.6) is 0 Å². The molecular formula is C19H15F2N5OS. The molecule has 1 amide bonds. The summed E-state index contributed by atoms with van der Waals surface area (Å²) in [7, 11) is 0. The molecule has 0 radical (unpaired) electrons. The predicted molar refractivity (Wildman–Crippen MR) is 103 cm³/mol. The molecule has 0 spiro atoms.